The molecule has 6 saturated carbocycles. The second-order valence-electron chi connectivity index (χ2n) is 10.2. The first-order valence-corrected chi connectivity index (χ1v) is 10.5. The van der Waals surface area contributed by atoms with Crippen molar-refractivity contribution in [1.29, 1.82) is 0 Å². The molecule has 0 heterocycles. The fourth-order valence-electron chi connectivity index (χ4n) is 8.97. The Labute approximate surface area is 165 Å². The highest BCUT2D eigenvalue weighted by Gasteiger charge is 2.80. The van der Waals surface area contributed by atoms with Gasteiger partial charge in [0.05, 0.1) is 0 Å². The summed E-state index contributed by atoms with van der Waals surface area (Å²) in [6, 6.07) is 0. The van der Waals surface area contributed by atoms with Gasteiger partial charge in [0.15, 0.2) is 0 Å². The first-order valence-electron chi connectivity index (χ1n) is 10.5. The van der Waals surface area contributed by atoms with Crippen molar-refractivity contribution < 1.29 is 43.9 Å². The molecule has 6 rings (SSSR count). The second kappa shape index (κ2) is 6.00. The molecule has 0 spiro atoms. The van der Waals surface area contributed by atoms with E-state index in [1.54, 1.807) is 0 Å². The third kappa shape index (κ3) is 1.92. The van der Waals surface area contributed by atoms with Crippen LogP contribution >= 0.6 is 0 Å². The Morgan fingerprint density at radius 3 is 0.367 bits per heavy atom. The predicted molar refractivity (Wildman–Crippen MR) is 83.9 cm³/mol. The Bertz CT molecular complexity index is 547. The number of halogens is 10. The molecule has 6 fully saturated rings. The van der Waals surface area contributed by atoms with Crippen LogP contribution in [-0.2, 0) is 0 Å². The Morgan fingerprint density at radius 1 is 0.167 bits per heavy atom. The monoisotopic (exact) mass is 450 g/mol. The van der Waals surface area contributed by atoms with E-state index in [0.717, 1.165) is 0 Å². The van der Waals surface area contributed by atoms with Crippen molar-refractivity contribution in [2.45, 2.75) is 61.7 Å². The topological polar surface area (TPSA) is 0 Å². The average molecular weight is 450 g/mol. The van der Waals surface area contributed by atoms with Gasteiger partial charge >= 0.3 is 0 Å². The Balaban J connectivity index is 1.60. The molecule has 6 aliphatic rings. The van der Waals surface area contributed by atoms with Gasteiger partial charge in [-0.05, 0) is 29.6 Å². The molecular formula is C20H20F10. The van der Waals surface area contributed by atoms with Crippen molar-refractivity contribution in [2.75, 3.05) is 0 Å². The minimum Gasteiger partial charge on any atom is -0.244 e. The molecule has 10 atom stereocenters. The van der Waals surface area contributed by atoms with Crippen molar-refractivity contribution in [3.05, 3.63) is 0 Å². The van der Waals surface area contributed by atoms with Gasteiger partial charge in [0.2, 0.25) is 0 Å². The van der Waals surface area contributed by atoms with Gasteiger partial charge in [0, 0.05) is 29.6 Å². The van der Waals surface area contributed by atoms with Crippen LogP contribution in [0.25, 0.3) is 0 Å². The largest absolute Gasteiger partial charge is 0.244 e. The molecule has 0 bridgehead atoms. The van der Waals surface area contributed by atoms with Gasteiger partial charge in [-0.25, -0.2) is 43.9 Å². The van der Waals surface area contributed by atoms with Crippen LogP contribution in [0.5, 0.6) is 0 Å². The molecule has 0 aliphatic heterocycles. The summed E-state index contributed by atoms with van der Waals surface area (Å²) in [5.41, 5.74) is 0. The minimum absolute atomic E-state index is 1.31. The fraction of sp³-hybridized carbons (Fsp3) is 1.00. The lowest BCUT2D eigenvalue weighted by Gasteiger charge is -2.56. The van der Waals surface area contributed by atoms with Crippen LogP contribution in [0, 0.1) is 59.2 Å². The summed E-state index contributed by atoms with van der Waals surface area (Å²) in [6.07, 6.45) is -26.6. The minimum atomic E-state index is -2.66. The summed E-state index contributed by atoms with van der Waals surface area (Å²) < 4.78 is 149. The summed E-state index contributed by atoms with van der Waals surface area (Å²) >= 11 is 0. The Hall–Kier alpha value is -0.700. The van der Waals surface area contributed by atoms with Gasteiger partial charge < -0.3 is 0 Å². The van der Waals surface area contributed by atoms with Crippen molar-refractivity contribution in [2.24, 2.45) is 59.2 Å². The number of hydrogen-bond acceptors (Lipinski definition) is 0. The summed E-state index contributed by atoms with van der Waals surface area (Å²) in [5, 5.41) is 0. The summed E-state index contributed by atoms with van der Waals surface area (Å²) in [4.78, 5) is 0. The predicted octanol–water partition coefficient (Wildman–Crippen LogP) is 4.61. The third-order valence-corrected chi connectivity index (χ3v) is 9.64. The third-order valence-electron chi connectivity index (χ3n) is 9.64. The van der Waals surface area contributed by atoms with E-state index in [1.165, 1.54) is 0 Å². The van der Waals surface area contributed by atoms with Crippen molar-refractivity contribution in [3.63, 3.8) is 0 Å². The smallest absolute Gasteiger partial charge is 0.138 e. The lowest BCUT2D eigenvalue weighted by molar-refractivity contribution is -0.190. The Kier molecular flexibility index (Phi) is 3.99. The van der Waals surface area contributed by atoms with Gasteiger partial charge in [-0.2, -0.15) is 0 Å². The summed E-state index contributed by atoms with van der Waals surface area (Å²) in [7, 11) is 0. The zero-order chi connectivity index (χ0) is 21.5. The second-order valence-corrected chi connectivity index (χ2v) is 10.2. The van der Waals surface area contributed by atoms with Crippen LogP contribution in [0.1, 0.15) is 0 Å². The molecule has 6 aliphatic carbocycles. The molecule has 10 heteroatoms. The van der Waals surface area contributed by atoms with Crippen LogP contribution in [-0.4, -0.2) is 61.7 Å². The van der Waals surface area contributed by atoms with Gasteiger partial charge in [0.25, 0.3) is 0 Å². The van der Waals surface area contributed by atoms with Crippen molar-refractivity contribution >= 4 is 0 Å². The standard InChI is InChI=1S/C20H20F10/c21-11-6-1-2-4-5-3(1)8(14(24)12(6)22)16(26)18(28)10(5)20(30)19(29)9(4)17(27)15(25)7(2)13(11)23/h1-20H. The van der Waals surface area contributed by atoms with Gasteiger partial charge in [-0.1, -0.05) is 0 Å². The van der Waals surface area contributed by atoms with E-state index in [1.807, 2.05) is 0 Å². The maximum atomic E-state index is 14.9. The fourth-order valence-corrected chi connectivity index (χ4v) is 8.97. The molecule has 30 heavy (non-hydrogen) atoms. The van der Waals surface area contributed by atoms with Crippen LogP contribution in [0.4, 0.5) is 43.9 Å². The number of rotatable bonds is 0. The molecule has 10 unspecified atom stereocenters. The zero-order valence-electron chi connectivity index (χ0n) is 15.3. The zero-order valence-corrected chi connectivity index (χ0v) is 15.3. The lowest BCUT2D eigenvalue weighted by Crippen LogP contribution is -2.65. The Morgan fingerprint density at radius 2 is 0.267 bits per heavy atom. The van der Waals surface area contributed by atoms with E-state index in [-0.39, 0.29) is 0 Å². The molecule has 0 saturated heterocycles. The molecule has 0 aromatic heterocycles. The van der Waals surface area contributed by atoms with Gasteiger partial charge in [0.1, 0.15) is 61.7 Å². The van der Waals surface area contributed by atoms with E-state index in [2.05, 4.69) is 0 Å². The molecule has 0 amide bonds. The quantitative estimate of drug-likeness (QED) is 0.473. The van der Waals surface area contributed by atoms with Crippen LogP contribution in [0.15, 0.2) is 0 Å². The normalized spacial score (nSPS) is 73.0. The molecule has 0 radical (unpaired) electrons. The number of alkyl halides is 10. The SMILES string of the molecule is FC1C(F)C2C(F)C(F)C3C(F)C(F)C4C(F)C(F)C5C(F)C(F)C1C1C2C3C4C51. The number of hydrogen-bond donors (Lipinski definition) is 0. The average Bonchev–Trinajstić information content (AvgIpc) is 3.02. The first kappa shape index (κ1) is 19.9. The van der Waals surface area contributed by atoms with E-state index < -0.39 is 121 Å². The maximum absolute atomic E-state index is 14.9. The maximum Gasteiger partial charge on any atom is 0.138 e. The molecule has 0 aromatic rings. The van der Waals surface area contributed by atoms with Gasteiger partial charge in [-0.15, -0.1) is 0 Å². The van der Waals surface area contributed by atoms with Gasteiger partial charge in [-0.3, -0.25) is 0 Å². The van der Waals surface area contributed by atoms with E-state index in [4.69, 9.17) is 0 Å². The van der Waals surface area contributed by atoms with Crippen molar-refractivity contribution in [1.82, 2.24) is 0 Å². The summed E-state index contributed by atoms with van der Waals surface area (Å²) in [6.45, 7) is 0. The summed E-state index contributed by atoms with van der Waals surface area (Å²) in [5.74, 6) is -16.0. The van der Waals surface area contributed by atoms with Crippen LogP contribution < -0.4 is 0 Å². The lowest BCUT2D eigenvalue weighted by atomic mass is 9.52. The molecule has 0 nitrogen and oxygen atoms in total. The first-order chi connectivity index (χ1) is 14.1. The highest BCUT2D eigenvalue weighted by atomic mass is 19.2. The molecule has 170 valence electrons. The van der Waals surface area contributed by atoms with E-state index >= 15 is 0 Å². The molecule has 0 aromatic carbocycles. The van der Waals surface area contributed by atoms with E-state index in [0.29, 0.717) is 0 Å². The highest BCUT2D eigenvalue weighted by Crippen LogP contribution is 2.74. The van der Waals surface area contributed by atoms with Crippen molar-refractivity contribution in [3.8, 4) is 0 Å². The molecular weight excluding hydrogens is 430 g/mol. The van der Waals surface area contributed by atoms with Crippen LogP contribution in [0.2, 0.25) is 0 Å². The van der Waals surface area contributed by atoms with Crippen LogP contribution in [0.3, 0.4) is 0 Å². The highest BCUT2D eigenvalue weighted by molar-refractivity contribution is 5.26. The van der Waals surface area contributed by atoms with E-state index in [9.17, 15) is 43.9 Å². The molecule has 0 N–H and O–H groups in total.